The Morgan fingerprint density at radius 2 is 2.00 bits per heavy atom. The molecule has 1 aromatic rings. The second-order valence-electron chi connectivity index (χ2n) is 4.59. The van der Waals surface area contributed by atoms with Crippen molar-refractivity contribution in [1.82, 2.24) is 4.98 Å². The molecule has 0 aromatic carbocycles. The molecule has 0 radical (unpaired) electrons. The number of nitrogens with two attached hydrogens (primary N) is 2. The Hall–Kier alpha value is -2.63. The van der Waals surface area contributed by atoms with Gasteiger partial charge < -0.3 is 16.4 Å². The largest absolute Gasteiger partial charge is 0.387 e. The summed E-state index contributed by atoms with van der Waals surface area (Å²) in [7, 11) is 0. The van der Waals surface area contributed by atoms with Crippen molar-refractivity contribution in [2.24, 2.45) is 16.5 Å². The average Bonchev–Trinajstić information content (AvgIpc) is 2.49. The van der Waals surface area contributed by atoms with Crippen LogP contribution in [0.25, 0.3) is 0 Å². The topological polar surface area (TPSA) is 97.6 Å². The second kappa shape index (κ2) is 10.2. The highest BCUT2D eigenvalue weighted by atomic mass is 16.1. The second-order valence-corrected chi connectivity index (χ2v) is 4.59. The fourth-order valence-corrected chi connectivity index (χ4v) is 1.80. The molecule has 0 fully saturated rings. The molecule has 1 heterocycles. The fourth-order valence-electron chi connectivity index (χ4n) is 1.80. The molecule has 0 saturated carbocycles. The van der Waals surface area contributed by atoms with Gasteiger partial charge in [0.1, 0.15) is 11.6 Å². The first-order valence-electron chi connectivity index (χ1n) is 7.57. The predicted molar refractivity (Wildman–Crippen MR) is 97.3 cm³/mol. The number of amidine groups is 1. The lowest BCUT2D eigenvalue weighted by Gasteiger charge is -2.24. The number of hydrogen-bond donors (Lipinski definition) is 2. The maximum Gasteiger partial charge on any atom is 0.252 e. The van der Waals surface area contributed by atoms with Crippen molar-refractivity contribution in [2.45, 2.75) is 34.6 Å². The zero-order valence-electron chi connectivity index (χ0n) is 14.6. The standard InChI is InChI=1S/C15H21N5O.C2H6/c1-5-20(13(9-10(2)3)19-11(4)16)15-12(14(17)21)7-6-8-18-15;1-2/h6-9H,2,5H2,1,3-4H3,(H2,16,19)(H2,17,21);1-2H3/b13-9+;. The van der Waals surface area contributed by atoms with Crippen LogP contribution in [0.1, 0.15) is 45.0 Å². The number of rotatable bonds is 6. The van der Waals surface area contributed by atoms with Gasteiger partial charge in [0.2, 0.25) is 0 Å². The molecule has 0 atom stereocenters. The van der Waals surface area contributed by atoms with E-state index in [-0.39, 0.29) is 0 Å². The Labute approximate surface area is 138 Å². The van der Waals surface area contributed by atoms with Gasteiger partial charge >= 0.3 is 0 Å². The highest BCUT2D eigenvalue weighted by Gasteiger charge is 2.18. The lowest BCUT2D eigenvalue weighted by Crippen LogP contribution is -2.27. The Balaban J connectivity index is 0.00000232. The molecule has 6 heteroatoms. The van der Waals surface area contributed by atoms with E-state index in [2.05, 4.69) is 16.6 Å². The summed E-state index contributed by atoms with van der Waals surface area (Å²) in [6.07, 6.45) is 3.38. The van der Waals surface area contributed by atoms with E-state index in [1.807, 2.05) is 27.7 Å². The Morgan fingerprint density at radius 3 is 2.43 bits per heavy atom. The van der Waals surface area contributed by atoms with Gasteiger partial charge in [0.25, 0.3) is 5.91 Å². The van der Waals surface area contributed by atoms with Crippen molar-refractivity contribution < 1.29 is 4.79 Å². The van der Waals surface area contributed by atoms with Crippen molar-refractivity contribution in [3.05, 3.63) is 47.9 Å². The molecule has 0 aliphatic rings. The number of nitrogens with zero attached hydrogens (tertiary/aromatic N) is 3. The van der Waals surface area contributed by atoms with Gasteiger partial charge in [0, 0.05) is 12.7 Å². The van der Waals surface area contributed by atoms with Crippen LogP contribution in [0.15, 0.2) is 47.4 Å². The van der Waals surface area contributed by atoms with Crippen LogP contribution in [-0.4, -0.2) is 23.3 Å². The predicted octanol–water partition coefficient (Wildman–Crippen LogP) is 2.83. The summed E-state index contributed by atoms with van der Waals surface area (Å²) in [6, 6.07) is 3.29. The minimum Gasteiger partial charge on any atom is -0.387 e. The van der Waals surface area contributed by atoms with E-state index in [0.717, 1.165) is 5.57 Å². The molecular formula is C17H27N5O. The summed E-state index contributed by atoms with van der Waals surface area (Å²) in [5.74, 6) is 0.869. The molecule has 0 bridgehead atoms. The van der Waals surface area contributed by atoms with Crippen LogP contribution in [0.4, 0.5) is 5.82 Å². The van der Waals surface area contributed by atoms with Crippen molar-refractivity contribution >= 4 is 17.6 Å². The molecule has 0 aliphatic heterocycles. The minimum absolute atomic E-state index is 0.330. The molecule has 1 rings (SSSR count). The number of carbonyl (C=O) groups is 1. The average molecular weight is 317 g/mol. The number of aromatic nitrogens is 1. The third kappa shape index (κ3) is 6.34. The Kier molecular flexibility index (Phi) is 8.99. The number of primary amides is 1. The monoisotopic (exact) mass is 317 g/mol. The first-order valence-corrected chi connectivity index (χ1v) is 7.57. The van der Waals surface area contributed by atoms with Gasteiger partial charge in [-0.25, -0.2) is 9.98 Å². The van der Waals surface area contributed by atoms with E-state index < -0.39 is 5.91 Å². The summed E-state index contributed by atoms with van der Waals surface area (Å²) < 4.78 is 0. The summed E-state index contributed by atoms with van der Waals surface area (Å²) in [6.45, 7) is 13.9. The maximum absolute atomic E-state index is 11.6. The number of allylic oxidation sites excluding steroid dienone is 2. The Morgan fingerprint density at radius 1 is 1.39 bits per heavy atom. The van der Waals surface area contributed by atoms with Gasteiger partial charge in [0.05, 0.1) is 11.4 Å². The van der Waals surface area contributed by atoms with Crippen LogP contribution >= 0.6 is 0 Å². The van der Waals surface area contributed by atoms with Gasteiger partial charge in [-0.15, -0.1) is 0 Å². The highest BCUT2D eigenvalue weighted by molar-refractivity contribution is 5.98. The summed E-state index contributed by atoms with van der Waals surface area (Å²) in [5.41, 5.74) is 12.2. The minimum atomic E-state index is -0.542. The summed E-state index contributed by atoms with van der Waals surface area (Å²) in [5, 5.41) is 0. The molecule has 6 nitrogen and oxygen atoms in total. The van der Waals surface area contributed by atoms with Gasteiger partial charge in [0.15, 0.2) is 0 Å². The van der Waals surface area contributed by atoms with Gasteiger partial charge in [-0.2, -0.15) is 0 Å². The number of amides is 1. The quantitative estimate of drug-likeness (QED) is 0.479. The first-order chi connectivity index (χ1) is 10.9. The van der Waals surface area contributed by atoms with Crippen LogP contribution in [0.2, 0.25) is 0 Å². The SMILES string of the molecule is C=C(C)/C=C(\N=C(/C)N)N(CC)c1ncccc1C(N)=O.CC. The van der Waals surface area contributed by atoms with Crippen LogP contribution < -0.4 is 16.4 Å². The van der Waals surface area contributed by atoms with Crippen molar-refractivity contribution in [2.75, 3.05) is 11.4 Å². The number of hydrogen-bond acceptors (Lipinski definition) is 4. The summed E-state index contributed by atoms with van der Waals surface area (Å²) >= 11 is 0. The van der Waals surface area contributed by atoms with E-state index in [0.29, 0.717) is 29.6 Å². The molecule has 23 heavy (non-hydrogen) atoms. The van der Waals surface area contributed by atoms with Crippen LogP contribution in [0.5, 0.6) is 0 Å². The van der Waals surface area contributed by atoms with Crippen LogP contribution in [0.3, 0.4) is 0 Å². The molecule has 1 amide bonds. The number of carbonyl (C=O) groups excluding carboxylic acids is 1. The zero-order chi connectivity index (χ0) is 18.0. The Bertz CT molecular complexity index is 601. The molecule has 0 spiro atoms. The molecule has 1 aromatic heterocycles. The van der Waals surface area contributed by atoms with E-state index in [1.165, 1.54) is 0 Å². The van der Waals surface area contributed by atoms with Crippen molar-refractivity contribution in [3.8, 4) is 0 Å². The number of pyridine rings is 1. The normalized spacial score (nSPS) is 11.3. The van der Waals surface area contributed by atoms with Gasteiger partial charge in [-0.1, -0.05) is 26.0 Å². The number of aliphatic imine (C=N–C) groups is 1. The van der Waals surface area contributed by atoms with Gasteiger partial charge in [-0.3, -0.25) is 4.79 Å². The van der Waals surface area contributed by atoms with Crippen molar-refractivity contribution in [3.63, 3.8) is 0 Å². The third-order valence-electron chi connectivity index (χ3n) is 2.57. The highest BCUT2D eigenvalue weighted by Crippen LogP contribution is 2.22. The summed E-state index contributed by atoms with van der Waals surface area (Å²) in [4.78, 5) is 21.9. The van der Waals surface area contributed by atoms with E-state index in [9.17, 15) is 4.79 Å². The molecule has 4 N–H and O–H groups in total. The van der Waals surface area contributed by atoms with Crippen LogP contribution in [-0.2, 0) is 0 Å². The molecule has 126 valence electrons. The van der Waals surface area contributed by atoms with E-state index >= 15 is 0 Å². The first kappa shape index (κ1) is 20.4. The molecule has 0 unspecified atom stereocenters. The van der Waals surface area contributed by atoms with Gasteiger partial charge in [-0.05, 0) is 39.0 Å². The van der Waals surface area contributed by atoms with Crippen molar-refractivity contribution in [1.29, 1.82) is 0 Å². The smallest absolute Gasteiger partial charge is 0.252 e. The molecule has 0 aliphatic carbocycles. The fraction of sp³-hybridized carbons (Fsp3) is 0.353. The zero-order valence-corrected chi connectivity index (χ0v) is 14.6. The van der Waals surface area contributed by atoms with E-state index in [1.54, 1.807) is 36.2 Å². The lowest BCUT2D eigenvalue weighted by atomic mass is 10.2. The maximum atomic E-state index is 11.6. The van der Waals surface area contributed by atoms with Crippen LogP contribution in [0, 0.1) is 0 Å². The third-order valence-corrected chi connectivity index (χ3v) is 2.57. The molecule has 0 saturated heterocycles. The van der Waals surface area contributed by atoms with E-state index in [4.69, 9.17) is 11.5 Å². The number of anilines is 1. The molecular weight excluding hydrogens is 290 g/mol. The lowest BCUT2D eigenvalue weighted by molar-refractivity contribution is 0.100.